The maximum Gasteiger partial charge on any atom is 0.418 e. The predicted octanol–water partition coefficient (Wildman–Crippen LogP) is 3.04. The third-order valence-corrected chi connectivity index (χ3v) is 3.70. The van der Waals surface area contributed by atoms with Gasteiger partial charge in [-0.25, -0.2) is 0 Å². The molecule has 0 bridgehead atoms. The normalized spacial score (nSPS) is 10.8. The van der Waals surface area contributed by atoms with Gasteiger partial charge in [-0.2, -0.15) is 13.2 Å². The van der Waals surface area contributed by atoms with Gasteiger partial charge in [-0.1, -0.05) is 29.8 Å². The summed E-state index contributed by atoms with van der Waals surface area (Å²) < 4.78 is 48.8. The first-order valence-electron chi connectivity index (χ1n) is 8.42. The molecule has 0 aliphatic heterocycles. The molecule has 11 heteroatoms. The van der Waals surface area contributed by atoms with E-state index in [0.29, 0.717) is 11.8 Å². The van der Waals surface area contributed by atoms with Crippen molar-refractivity contribution in [2.24, 2.45) is 0 Å². The molecule has 0 aliphatic carbocycles. The molecule has 0 aromatic heterocycles. The highest BCUT2D eigenvalue weighted by Gasteiger charge is 2.34. The SMILES string of the molecule is O=C(COc1ccccc1)NCC(=O)OCC(=O)Nc1ccc(Cl)cc1C(F)(F)F. The van der Waals surface area contributed by atoms with E-state index in [2.05, 4.69) is 10.1 Å². The van der Waals surface area contributed by atoms with Gasteiger partial charge >= 0.3 is 12.1 Å². The van der Waals surface area contributed by atoms with Crippen LogP contribution in [0.4, 0.5) is 18.9 Å². The van der Waals surface area contributed by atoms with Crippen LogP contribution in [0.15, 0.2) is 48.5 Å². The summed E-state index contributed by atoms with van der Waals surface area (Å²) in [4.78, 5) is 35.0. The van der Waals surface area contributed by atoms with Gasteiger partial charge in [-0.15, -0.1) is 0 Å². The fraction of sp³-hybridized carbons (Fsp3) is 0.211. The lowest BCUT2D eigenvalue weighted by atomic mass is 10.1. The van der Waals surface area contributed by atoms with Crippen molar-refractivity contribution in [3.8, 4) is 5.75 Å². The number of ether oxygens (including phenoxy) is 2. The van der Waals surface area contributed by atoms with Crippen LogP contribution in [0.3, 0.4) is 0 Å². The molecule has 0 saturated carbocycles. The van der Waals surface area contributed by atoms with Crippen molar-refractivity contribution in [2.75, 3.05) is 25.1 Å². The van der Waals surface area contributed by atoms with E-state index in [1.807, 2.05) is 5.32 Å². The van der Waals surface area contributed by atoms with E-state index in [1.54, 1.807) is 30.3 Å². The second-order valence-electron chi connectivity index (χ2n) is 5.77. The third-order valence-electron chi connectivity index (χ3n) is 3.47. The number of nitrogens with one attached hydrogen (secondary N) is 2. The molecule has 2 N–H and O–H groups in total. The van der Waals surface area contributed by atoms with Crippen LogP contribution >= 0.6 is 11.6 Å². The largest absolute Gasteiger partial charge is 0.484 e. The highest BCUT2D eigenvalue weighted by atomic mass is 35.5. The molecular formula is C19H16ClF3N2O5. The highest BCUT2D eigenvalue weighted by molar-refractivity contribution is 6.30. The van der Waals surface area contributed by atoms with Crippen molar-refractivity contribution in [3.05, 3.63) is 59.1 Å². The minimum absolute atomic E-state index is 0.154. The van der Waals surface area contributed by atoms with E-state index in [0.717, 1.165) is 6.07 Å². The molecular weight excluding hydrogens is 429 g/mol. The first-order chi connectivity index (χ1) is 14.1. The molecule has 2 aromatic carbocycles. The molecule has 0 radical (unpaired) electrons. The lowest BCUT2D eigenvalue weighted by Crippen LogP contribution is -2.35. The second kappa shape index (κ2) is 10.5. The zero-order valence-corrected chi connectivity index (χ0v) is 16.0. The third kappa shape index (κ3) is 7.63. The molecule has 0 aliphatic rings. The van der Waals surface area contributed by atoms with Gasteiger partial charge in [0.25, 0.3) is 11.8 Å². The van der Waals surface area contributed by atoms with Gasteiger partial charge < -0.3 is 20.1 Å². The topological polar surface area (TPSA) is 93.7 Å². The smallest absolute Gasteiger partial charge is 0.418 e. The summed E-state index contributed by atoms with van der Waals surface area (Å²) in [6.07, 6.45) is -4.74. The van der Waals surface area contributed by atoms with Gasteiger partial charge in [0.2, 0.25) is 0 Å². The van der Waals surface area contributed by atoms with Crippen LogP contribution in [-0.2, 0) is 25.3 Å². The number of para-hydroxylation sites is 1. The first kappa shape index (κ1) is 23.0. The Labute approximate surface area is 174 Å². The molecule has 0 unspecified atom stereocenters. The van der Waals surface area contributed by atoms with E-state index < -0.39 is 48.4 Å². The Morgan fingerprint density at radius 3 is 2.33 bits per heavy atom. The van der Waals surface area contributed by atoms with Crippen molar-refractivity contribution in [1.29, 1.82) is 0 Å². The summed E-state index contributed by atoms with van der Waals surface area (Å²) in [6.45, 7) is -1.72. The van der Waals surface area contributed by atoms with Crippen molar-refractivity contribution in [3.63, 3.8) is 0 Å². The Kier molecular flexibility index (Phi) is 8.05. The fourth-order valence-electron chi connectivity index (χ4n) is 2.13. The van der Waals surface area contributed by atoms with E-state index in [9.17, 15) is 27.6 Å². The minimum Gasteiger partial charge on any atom is -0.484 e. The lowest BCUT2D eigenvalue weighted by Gasteiger charge is -2.14. The van der Waals surface area contributed by atoms with E-state index in [1.165, 1.54) is 6.07 Å². The second-order valence-corrected chi connectivity index (χ2v) is 6.21. The van der Waals surface area contributed by atoms with E-state index in [-0.39, 0.29) is 11.6 Å². The van der Waals surface area contributed by atoms with Crippen LogP contribution in [0, 0.1) is 0 Å². The van der Waals surface area contributed by atoms with Gasteiger partial charge in [0.05, 0.1) is 11.3 Å². The van der Waals surface area contributed by atoms with E-state index in [4.69, 9.17) is 16.3 Å². The number of esters is 1. The molecule has 2 amide bonds. The van der Waals surface area contributed by atoms with Crippen molar-refractivity contribution in [2.45, 2.75) is 6.18 Å². The number of benzene rings is 2. The van der Waals surface area contributed by atoms with Crippen molar-refractivity contribution in [1.82, 2.24) is 5.32 Å². The van der Waals surface area contributed by atoms with Crippen LogP contribution in [-0.4, -0.2) is 37.5 Å². The molecule has 30 heavy (non-hydrogen) atoms. The number of alkyl halides is 3. The maximum atomic E-state index is 13.0. The molecule has 7 nitrogen and oxygen atoms in total. The van der Waals surface area contributed by atoms with Gasteiger partial charge in [0.1, 0.15) is 12.3 Å². The van der Waals surface area contributed by atoms with Crippen LogP contribution in [0.2, 0.25) is 5.02 Å². The maximum absolute atomic E-state index is 13.0. The van der Waals surface area contributed by atoms with Gasteiger partial charge in [-0.05, 0) is 30.3 Å². The average molecular weight is 445 g/mol. The molecule has 0 atom stereocenters. The number of carbonyl (C=O) groups excluding carboxylic acids is 3. The number of rotatable bonds is 8. The molecule has 0 fully saturated rings. The number of halogens is 4. The Morgan fingerprint density at radius 2 is 1.67 bits per heavy atom. The van der Waals surface area contributed by atoms with Gasteiger partial charge in [0, 0.05) is 5.02 Å². The molecule has 2 rings (SSSR count). The minimum atomic E-state index is -4.74. The first-order valence-corrected chi connectivity index (χ1v) is 8.79. The molecule has 0 heterocycles. The fourth-order valence-corrected chi connectivity index (χ4v) is 2.30. The summed E-state index contributed by atoms with van der Waals surface area (Å²) in [7, 11) is 0. The van der Waals surface area contributed by atoms with Crippen LogP contribution in [0.1, 0.15) is 5.56 Å². The van der Waals surface area contributed by atoms with Gasteiger partial charge in [0.15, 0.2) is 13.2 Å². The quantitative estimate of drug-likeness (QED) is 0.610. The zero-order chi connectivity index (χ0) is 22.1. The molecule has 160 valence electrons. The Morgan fingerprint density at radius 1 is 0.967 bits per heavy atom. The molecule has 2 aromatic rings. The van der Waals surface area contributed by atoms with E-state index >= 15 is 0 Å². The van der Waals surface area contributed by atoms with Gasteiger partial charge in [-0.3, -0.25) is 14.4 Å². The summed E-state index contributed by atoms with van der Waals surface area (Å²) in [5, 5.41) is 4.07. The summed E-state index contributed by atoms with van der Waals surface area (Å²) >= 11 is 5.55. The number of hydrogen-bond donors (Lipinski definition) is 2. The average Bonchev–Trinajstić information content (AvgIpc) is 2.70. The summed E-state index contributed by atoms with van der Waals surface area (Å²) in [5.74, 6) is -2.08. The summed E-state index contributed by atoms with van der Waals surface area (Å²) in [5.41, 5.74) is -1.67. The highest BCUT2D eigenvalue weighted by Crippen LogP contribution is 2.36. The standard InChI is InChI=1S/C19H16ClF3N2O5/c20-12-6-7-15(14(8-12)19(21,22)23)25-17(27)11-30-18(28)9-24-16(26)10-29-13-4-2-1-3-5-13/h1-8H,9-11H2,(H,24,26)(H,25,27). The van der Waals surface area contributed by atoms with Crippen molar-refractivity contribution < 1.29 is 37.0 Å². The number of anilines is 1. The zero-order valence-electron chi connectivity index (χ0n) is 15.3. The van der Waals surface area contributed by atoms with Crippen LogP contribution in [0.25, 0.3) is 0 Å². The lowest BCUT2D eigenvalue weighted by molar-refractivity contribution is -0.147. The Balaban J connectivity index is 1.74. The number of carbonyl (C=O) groups is 3. The Hall–Kier alpha value is -3.27. The van der Waals surface area contributed by atoms with Crippen molar-refractivity contribution >= 4 is 35.1 Å². The number of amides is 2. The Bertz CT molecular complexity index is 907. The predicted molar refractivity (Wildman–Crippen MR) is 101 cm³/mol. The number of hydrogen-bond acceptors (Lipinski definition) is 5. The molecule has 0 spiro atoms. The monoisotopic (exact) mass is 444 g/mol. The molecule has 0 saturated heterocycles. The summed E-state index contributed by atoms with van der Waals surface area (Å²) in [6, 6.07) is 11.3. The van der Waals surface area contributed by atoms with Crippen LogP contribution < -0.4 is 15.4 Å². The van der Waals surface area contributed by atoms with Crippen LogP contribution in [0.5, 0.6) is 5.75 Å².